The Hall–Kier alpha value is -1.69. The lowest BCUT2D eigenvalue weighted by atomic mass is 9.97. The van der Waals surface area contributed by atoms with E-state index in [9.17, 15) is 8.78 Å². The van der Waals surface area contributed by atoms with E-state index in [0.717, 1.165) is 6.07 Å². The number of halogens is 3. The third kappa shape index (κ3) is 2.75. The van der Waals surface area contributed by atoms with Crippen LogP contribution in [0.4, 0.5) is 8.78 Å². The first-order chi connectivity index (χ1) is 9.58. The van der Waals surface area contributed by atoms with Gasteiger partial charge < -0.3 is 4.74 Å². The minimum atomic E-state index is -0.886. The molecule has 0 bridgehead atoms. The molecule has 0 heterocycles. The predicted octanol–water partition coefficient (Wildman–Crippen LogP) is 3.18. The van der Waals surface area contributed by atoms with Crippen LogP contribution in [0.15, 0.2) is 36.4 Å². The van der Waals surface area contributed by atoms with Crippen LogP contribution in [0.3, 0.4) is 0 Å². The minimum absolute atomic E-state index is 0.138. The Morgan fingerprint density at radius 3 is 2.55 bits per heavy atom. The zero-order valence-corrected chi connectivity index (χ0v) is 11.4. The third-order valence-electron chi connectivity index (χ3n) is 2.96. The number of nitrogens with one attached hydrogen (secondary N) is 1. The van der Waals surface area contributed by atoms with E-state index in [1.165, 1.54) is 31.4 Å². The predicted molar refractivity (Wildman–Crippen MR) is 73.5 cm³/mol. The molecule has 0 radical (unpaired) electrons. The van der Waals surface area contributed by atoms with Crippen LogP contribution in [0.5, 0.6) is 5.75 Å². The van der Waals surface area contributed by atoms with E-state index in [0.29, 0.717) is 0 Å². The highest BCUT2D eigenvalue weighted by molar-refractivity contribution is 6.30. The maximum atomic E-state index is 14.0. The van der Waals surface area contributed by atoms with Crippen LogP contribution in [-0.4, -0.2) is 7.11 Å². The summed E-state index contributed by atoms with van der Waals surface area (Å²) in [4.78, 5) is 0. The van der Waals surface area contributed by atoms with Gasteiger partial charge in [-0.1, -0.05) is 23.7 Å². The Morgan fingerprint density at radius 2 is 1.95 bits per heavy atom. The van der Waals surface area contributed by atoms with Crippen molar-refractivity contribution in [3.8, 4) is 5.75 Å². The van der Waals surface area contributed by atoms with E-state index < -0.39 is 17.7 Å². The molecular weight excluding hydrogens is 286 g/mol. The van der Waals surface area contributed by atoms with Crippen molar-refractivity contribution in [1.29, 1.82) is 0 Å². The molecule has 3 N–H and O–H groups in total. The van der Waals surface area contributed by atoms with E-state index in [4.69, 9.17) is 22.2 Å². The van der Waals surface area contributed by atoms with Gasteiger partial charge in [0.1, 0.15) is 17.4 Å². The Labute approximate surface area is 120 Å². The molecule has 0 aromatic heterocycles. The minimum Gasteiger partial charge on any atom is -0.496 e. The van der Waals surface area contributed by atoms with Gasteiger partial charge in [0.25, 0.3) is 0 Å². The molecular formula is C14H13ClF2N2O. The summed E-state index contributed by atoms with van der Waals surface area (Å²) in [5.41, 5.74) is 2.73. The number of benzene rings is 2. The van der Waals surface area contributed by atoms with Crippen LogP contribution < -0.4 is 16.0 Å². The Bertz CT molecular complexity index is 622. The monoisotopic (exact) mass is 298 g/mol. The highest BCUT2D eigenvalue weighted by atomic mass is 35.5. The molecule has 0 fully saturated rings. The van der Waals surface area contributed by atoms with Crippen molar-refractivity contribution in [2.24, 2.45) is 5.84 Å². The quantitative estimate of drug-likeness (QED) is 0.673. The largest absolute Gasteiger partial charge is 0.496 e. The normalized spacial score (nSPS) is 12.2. The number of methoxy groups -OCH3 is 1. The molecule has 0 aliphatic carbocycles. The van der Waals surface area contributed by atoms with Gasteiger partial charge in [-0.25, -0.2) is 14.2 Å². The molecule has 106 valence electrons. The lowest BCUT2D eigenvalue weighted by Gasteiger charge is -2.20. The van der Waals surface area contributed by atoms with Crippen molar-refractivity contribution < 1.29 is 13.5 Å². The van der Waals surface area contributed by atoms with Gasteiger partial charge >= 0.3 is 0 Å². The number of hydrogen-bond donors (Lipinski definition) is 2. The second-order valence-corrected chi connectivity index (χ2v) is 4.56. The SMILES string of the molecule is COc1cccc(F)c1C(NN)c1ccc(Cl)cc1F. The van der Waals surface area contributed by atoms with Crippen LogP contribution >= 0.6 is 11.6 Å². The molecule has 20 heavy (non-hydrogen) atoms. The summed E-state index contributed by atoms with van der Waals surface area (Å²) in [6, 6.07) is 7.57. The van der Waals surface area contributed by atoms with Gasteiger partial charge in [0.15, 0.2) is 0 Å². The van der Waals surface area contributed by atoms with Gasteiger partial charge in [0.2, 0.25) is 0 Å². The zero-order chi connectivity index (χ0) is 14.7. The molecule has 0 aliphatic rings. The highest BCUT2D eigenvalue weighted by Crippen LogP contribution is 2.33. The smallest absolute Gasteiger partial charge is 0.132 e. The van der Waals surface area contributed by atoms with E-state index in [1.807, 2.05) is 0 Å². The Balaban J connectivity index is 2.58. The summed E-state index contributed by atoms with van der Waals surface area (Å²) in [6.45, 7) is 0. The molecule has 3 nitrogen and oxygen atoms in total. The van der Waals surface area contributed by atoms with Crippen molar-refractivity contribution in [3.63, 3.8) is 0 Å². The van der Waals surface area contributed by atoms with Gasteiger partial charge in [0.05, 0.1) is 18.7 Å². The van der Waals surface area contributed by atoms with Gasteiger partial charge in [-0.15, -0.1) is 0 Å². The summed E-state index contributed by atoms with van der Waals surface area (Å²) in [6.07, 6.45) is 0. The maximum absolute atomic E-state index is 14.0. The van der Waals surface area contributed by atoms with Crippen LogP contribution in [-0.2, 0) is 0 Å². The summed E-state index contributed by atoms with van der Waals surface area (Å²) < 4.78 is 33.2. The number of hydrogen-bond acceptors (Lipinski definition) is 3. The molecule has 0 amide bonds. The van der Waals surface area contributed by atoms with Gasteiger partial charge in [-0.05, 0) is 24.3 Å². The van der Waals surface area contributed by atoms with Crippen molar-refractivity contribution in [2.75, 3.05) is 7.11 Å². The standard InChI is InChI=1S/C14H13ClF2N2O/c1-20-12-4-2-3-10(16)13(12)14(19-18)9-6-5-8(15)7-11(9)17/h2-7,14,19H,18H2,1H3. The molecule has 0 spiro atoms. The number of ether oxygens (including phenoxy) is 1. The zero-order valence-electron chi connectivity index (χ0n) is 10.7. The van der Waals surface area contributed by atoms with Crippen molar-refractivity contribution in [1.82, 2.24) is 5.43 Å². The first kappa shape index (κ1) is 14.7. The Morgan fingerprint density at radius 1 is 1.20 bits per heavy atom. The molecule has 6 heteroatoms. The van der Waals surface area contributed by atoms with Crippen molar-refractivity contribution in [3.05, 3.63) is 64.2 Å². The van der Waals surface area contributed by atoms with Crippen LogP contribution in [0.2, 0.25) is 5.02 Å². The lowest BCUT2D eigenvalue weighted by Crippen LogP contribution is -2.30. The number of nitrogens with two attached hydrogens (primary N) is 1. The summed E-state index contributed by atoms with van der Waals surface area (Å²) in [5, 5.41) is 0.252. The molecule has 2 rings (SSSR count). The molecule has 2 aromatic carbocycles. The van der Waals surface area contributed by atoms with Gasteiger partial charge in [-0.3, -0.25) is 5.84 Å². The second-order valence-electron chi connectivity index (χ2n) is 4.12. The average Bonchev–Trinajstić information content (AvgIpc) is 2.43. The number of hydrazine groups is 1. The number of rotatable bonds is 4. The van der Waals surface area contributed by atoms with Crippen molar-refractivity contribution in [2.45, 2.75) is 6.04 Å². The highest BCUT2D eigenvalue weighted by Gasteiger charge is 2.23. The van der Waals surface area contributed by atoms with Crippen LogP contribution in [0, 0.1) is 11.6 Å². The molecule has 2 aromatic rings. The van der Waals surface area contributed by atoms with Crippen LogP contribution in [0.1, 0.15) is 17.2 Å². The van der Waals surface area contributed by atoms with Gasteiger partial charge in [0, 0.05) is 10.6 Å². The van der Waals surface area contributed by atoms with Crippen molar-refractivity contribution >= 4 is 11.6 Å². The molecule has 0 saturated carbocycles. The fourth-order valence-electron chi connectivity index (χ4n) is 2.04. The fraction of sp³-hybridized carbons (Fsp3) is 0.143. The average molecular weight is 299 g/mol. The summed E-state index contributed by atoms with van der Waals surface area (Å²) >= 11 is 5.71. The topological polar surface area (TPSA) is 47.3 Å². The van der Waals surface area contributed by atoms with E-state index in [-0.39, 0.29) is 21.9 Å². The van der Waals surface area contributed by atoms with Crippen LogP contribution in [0.25, 0.3) is 0 Å². The third-order valence-corrected chi connectivity index (χ3v) is 3.20. The van der Waals surface area contributed by atoms with E-state index in [1.54, 1.807) is 6.07 Å². The molecule has 1 unspecified atom stereocenters. The fourth-order valence-corrected chi connectivity index (χ4v) is 2.20. The summed E-state index contributed by atoms with van der Waals surface area (Å²) in [7, 11) is 1.41. The summed E-state index contributed by atoms with van der Waals surface area (Å²) in [5.74, 6) is 4.63. The molecule has 0 aliphatic heterocycles. The van der Waals surface area contributed by atoms with E-state index >= 15 is 0 Å². The lowest BCUT2D eigenvalue weighted by molar-refractivity contribution is 0.396. The molecule has 0 saturated heterocycles. The second kappa shape index (κ2) is 6.17. The first-order valence-corrected chi connectivity index (χ1v) is 6.19. The Kier molecular flexibility index (Phi) is 4.54. The molecule has 1 atom stereocenters. The maximum Gasteiger partial charge on any atom is 0.132 e. The first-order valence-electron chi connectivity index (χ1n) is 5.82. The van der Waals surface area contributed by atoms with E-state index in [2.05, 4.69) is 5.43 Å². The van der Waals surface area contributed by atoms with Gasteiger partial charge in [-0.2, -0.15) is 0 Å².